The summed E-state index contributed by atoms with van der Waals surface area (Å²) in [5.41, 5.74) is -0.193. The summed E-state index contributed by atoms with van der Waals surface area (Å²) in [6, 6.07) is 3.03. The molecule has 1 aromatic rings. The van der Waals surface area contributed by atoms with Crippen LogP contribution < -0.4 is 0 Å². The lowest BCUT2D eigenvalue weighted by atomic mass is 9.99. The molecule has 0 amide bonds. The first-order valence-corrected chi connectivity index (χ1v) is 5.97. The van der Waals surface area contributed by atoms with Gasteiger partial charge < -0.3 is 0 Å². The Hall–Kier alpha value is -1.29. The summed E-state index contributed by atoms with van der Waals surface area (Å²) in [5.74, 6) is -1.81. The highest BCUT2D eigenvalue weighted by molar-refractivity contribution is 5.97. The number of Topliss-reactive ketones (excluding diaryl/α,β-unsaturated/α-hetero) is 1. The van der Waals surface area contributed by atoms with E-state index in [9.17, 15) is 13.6 Å². The summed E-state index contributed by atoms with van der Waals surface area (Å²) < 4.78 is 26.2. The molecular weight excluding hydrogens is 236 g/mol. The fourth-order valence-corrected chi connectivity index (χ4v) is 1.50. The van der Waals surface area contributed by atoms with Crippen LogP contribution in [0.15, 0.2) is 18.2 Å². The van der Waals surface area contributed by atoms with Gasteiger partial charge in [0.15, 0.2) is 5.78 Å². The molecule has 1 aromatic carbocycles. The molecule has 0 heterocycles. The van der Waals surface area contributed by atoms with Crippen LogP contribution in [0.2, 0.25) is 0 Å². The van der Waals surface area contributed by atoms with Gasteiger partial charge in [-0.1, -0.05) is 6.92 Å². The van der Waals surface area contributed by atoms with Gasteiger partial charge in [-0.15, -0.1) is 0 Å². The highest BCUT2D eigenvalue weighted by Gasteiger charge is 2.24. The van der Waals surface area contributed by atoms with E-state index in [0.717, 1.165) is 18.6 Å². The zero-order valence-corrected chi connectivity index (χ0v) is 11.3. The molecular formula is C14H19F2NO. The lowest BCUT2D eigenvalue weighted by molar-refractivity contribution is 0.0843. The van der Waals surface area contributed by atoms with Crippen molar-refractivity contribution in [1.82, 2.24) is 4.90 Å². The van der Waals surface area contributed by atoms with Gasteiger partial charge in [-0.25, -0.2) is 8.78 Å². The number of hydrogen-bond acceptors (Lipinski definition) is 2. The Morgan fingerprint density at radius 1 is 1.33 bits per heavy atom. The van der Waals surface area contributed by atoms with Crippen LogP contribution in [0.25, 0.3) is 0 Å². The average Bonchev–Trinajstić information content (AvgIpc) is 2.28. The van der Waals surface area contributed by atoms with Crippen molar-refractivity contribution in [1.29, 1.82) is 0 Å². The van der Waals surface area contributed by atoms with Crippen molar-refractivity contribution in [2.45, 2.75) is 32.7 Å². The van der Waals surface area contributed by atoms with E-state index in [2.05, 4.69) is 0 Å². The first-order valence-electron chi connectivity index (χ1n) is 5.97. The third-order valence-corrected chi connectivity index (χ3v) is 3.51. The molecule has 0 unspecified atom stereocenters. The molecule has 0 N–H and O–H groups in total. The smallest absolute Gasteiger partial charge is 0.179 e. The first-order chi connectivity index (χ1) is 8.27. The van der Waals surface area contributed by atoms with Crippen molar-refractivity contribution in [2.24, 2.45) is 0 Å². The monoisotopic (exact) mass is 255 g/mol. The molecule has 0 spiro atoms. The second kappa shape index (κ2) is 5.57. The number of halogens is 2. The topological polar surface area (TPSA) is 20.3 Å². The number of rotatable bonds is 5. The summed E-state index contributed by atoms with van der Waals surface area (Å²) in [6.45, 7) is 6.17. The average molecular weight is 255 g/mol. The standard InChI is InChI=1S/C14H19F2NO/c1-5-14(2,3)17(4)9-13(18)11-7-6-10(15)8-12(11)16/h6-8H,5,9H2,1-4H3. The van der Waals surface area contributed by atoms with Crippen molar-refractivity contribution >= 4 is 5.78 Å². The van der Waals surface area contributed by atoms with Crippen LogP contribution >= 0.6 is 0 Å². The van der Waals surface area contributed by atoms with E-state index < -0.39 is 11.6 Å². The third-order valence-electron chi connectivity index (χ3n) is 3.51. The maximum atomic E-state index is 13.5. The molecule has 0 radical (unpaired) electrons. The lowest BCUT2D eigenvalue weighted by Gasteiger charge is -2.34. The van der Waals surface area contributed by atoms with Gasteiger partial charge in [-0.3, -0.25) is 9.69 Å². The second-order valence-corrected chi connectivity index (χ2v) is 5.07. The molecule has 1 rings (SSSR count). The van der Waals surface area contributed by atoms with Crippen LogP contribution in [0.3, 0.4) is 0 Å². The van der Waals surface area contributed by atoms with E-state index in [-0.39, 0.29) is 23.4 Å². The number of likely N-dealkylation sites (N-methyl/N-ethyl adjacent to an activating group) is 1. The Bertz CT molecular complexity index is 443. The van der Waals surface area contributed by atoms with Crippen molar-refractivity contribution < 1.29 is 13.6 Å². The van der Waals surface area contributed by atoms with Crippen LogP contribution in [-0.2, 0) is 0 Å². The normalized spacial score (nSPS) is 11.9. The van der Waals surface area contributed by atoms with Gasteiger partial charge in [-0.2, -0.15) is 0 Å². The predicted octanol–water partition coefficient (Wildman–Crippen LogP) is 3.27. The minimum Gasteiger partial charge on any atom is -0.294 e. The first kappa shape index (κ1) is 14.8. The molecule has 0 saturated carbocycles. The molecule has 0 fully saturated rings. The number of nitrogens with zero attached hydrogens (tertiary/aromatic N) is 1. The quantitative estimate of drug-likeness (QED) is 0.753. The van der Waals surface area contributed by atoms with Crippen LogP contribution in [0, 0.1) is 11.6 Å². The summed E-state index contributed by atoms with van der Waals surface area (Å²) in [4.78, 5) is 13.8. The van der Waals surface area contributed by atoms with Crippen LogP contribution in [0.1, 0.15) is 37.6 Å². The Morgan fingerprint density at radius 2 is 1.94 bits per heavy atom. The Balaban J connectivity index is 2.83. The molecule has 0 aromatic heterocycles. The summed E-state index contributed by atoms with van der Waals surface area (Å²) in [7, 11) is 1.82. The van der Waals surface area contributed by atoms with Crippen molar-refractivity contribution in [3.8, 4) is 0 Å². The van der Waals surface area contributed by atoms with Crippen LogP contribution in [0.4, 0.5) is 8.78 Å². The minimum absolute atomic E-state index is 0.0600. The zero-order chi connectivity index (χ0) is 13.9. The van der Waals surface area contributed by atoms with Crippen LogP contribution in [0.5, 0.6) is 0 Å². The summed E-state index contributed by atoms with van der Waals surface area (Å²) in [6.07, 6.45) is 0.878. The van der Waals surface area contributed by atoms with E-state index in [1.165, 1.54) is 6.07 Å². The maximum Gasteiger partial charge on any atom is 0.179 e. The van der Waals surface area contributed by atoms with Gasteiger partial charge in [-0.05, 0) is 39.4 Å². The maximum absolute atomic E-state index is 13.5. The summed E-state index contributed by atoms with van der Waals surface area (Å²) in [5, 5.41) is 0. The van der Waals surface area contributed by atoms with Gasteiger partial charge in [0.05, 0.1) is 12.1 Å². The van der Waals surface area contributed by atoms with Crippen molar-refractivity contribution in [2.75, 3.05) is 13.6 Å². The van der Waals surface area contributed by atoms with Gasteiger partial charge >= 0.3 is 0 Å². The van der Waals surface area contributed by atoms with E-state index in [1.807, 2.05) is 32.7 Å². The molecule has 2 nitrogen and oxygen atoms in total. The number of benzene rings is 1. The van der Waals surface area contributed by atoms with Gasteiger partial charge in [0.2, 0.25) is 0 Å². The molecule has 0 saturated heterocycles. The highest BCUT2D eigenvalue weighted by Crippen LogP contribution is 2.18. The summed E-state index contributed by atoms with van der Waals surface area (Å²) >= 11 is 0. The fourth-order valence-electron chi connectivity index (χ4n) is 1.50. The molecule has 18 heavy (non-hydrogen) atoms. The largest absolute Gasteiger partial charge is 0.294 e. The number of carbonyl (C=O) groups excluding carboxylic acids is 1. The van der Waals surface area contributed by atoms with E-state index in [1.54, 1.807) is 0 Å². The predicted molar refractivity (Wildman–Crippen MR) is 67.7 cm³/mol. The number of ketones is 1. The van der Waals surface area contributed by atoms with Crippen molar-refractivity contribution in [3.63, 3.8) is 0 Å². The van der Waals surface area contributed by atoms with Gasteiger partial charge in [0, 0.05) is 11.6 Å². The van der Waals surface area contributed by atoms with Crippen LogP contribution in [-0.4, -0.2) is 29.8 Å². The molecule has 0 bridgehead atoms. The highest BCUT2D eigenvalue weighted by atomic mass is 19.1. The number of hydrogen-bond donors (Lipinski definition) is 0. The lowest BCUT2D eigenvalue weighted by Crippen LogP contribution is -2.43. The fraction of sp³-hybridized carbons (Fsp3) is 0.500. The van der Waals surface area contributed by atoms with E-state index >= 15 is 0 Å². The van der Waals surface area contributed by atoms with Gasteiger partial charge in [0.25, 0.3) is 0 Å². The molecule has 0 aliphatic carbocycles. The zero-order valence-electron chi connectivity index (χ0n) is 11.3. The third kappa shape index (κ3) is 3.35. The molecule has 0 aliphatic rings. The van der Waals surface area contributed by atoms with E-state index in [4.69, 9.17) is 0 Å². The Kier molecular flexibility index (Phi) is 4.57. The SMILES string of the molecule is CCC(C)(C)N(C)CC(=O)c1ccc(F)cc1F. The Labute approximate surface area is 107 Å². The van der Waals surface area contributed by atoms with Gasteiger partial charge in [0.1, 0.15) is 11.6 Å². The number of carbonyl (C=O) groups is 1. The molecule has 100 valence electrons. The molecule has 4 heteroatoms. The molecule has 0 aliphatic heterocycles. The minimum atomic E-state index is -0.803. The van der Waals surface area contributed by atoms with Crippen molar-refractivity contribution in [3.05, 3.63) is 35.4 Å². The Morgan fingerprint density at radius 3 is 2.44 bits per heavy atom. The second-order valence-electron chi connectivity index (χ2n) is 5.07. The molecule has 0 atom stereocenters. The van der Waals surface area contributed by atoms with E-state index in [0.29, 0.717) is 0 Å².